The summed E-state index contributed by atoms with van der Waals surface area (Å²) in [5.74, 6) is -0.404. The van der Waals surface area contributed by atoms with Crippen LogP contribution in [-0.4, -0.2) is 54.0 Å². The summed E-state index contributed by atoms with van der Waals surface area (Å²) in [5.41, 5.74) is -1.32. The molecule has 0 saturated heterocycles. The summed E-state index contributed by atoms with van der Waals surface area (Å²) in [6, 6.07) is 0. The molecule has 0 saturated carbocycles. The van der Waals surface area contributed by atoms with Crippen LogP contribution in [0.5, 0.6) is 0 Å². The monoisotopic (exact) mass is 336 g/mol. The fourth-order valence-electron chi connectivity index (χ4n) is 1.34. The van der Waals surface area contributed by atoms with E-state index < -0.39 is 24.0 Å². The SMILES string of the molecule is CC(=O)OC(C)COC(O)C(C)(C)O.CCCCOCCCC. The van der Waals surface area contributed by atoms with E-state index in [1.807, 2.05) is 0 Å². The molecule has 6 nitrogen and oxygen atoms in total. The van der Waals surface area contributed by atoms with E-state index in [-0.39, 0.29) is 6.61 Å². The molecule has 0 spiro atoms. The van der Waals surface area contributed by atoms with Crippen LogP contribution >= 0.6 is 0 Å². The summed E-state index contributed by atoms with van der Waals surface area (Å²) in [6.45, 7) is 12.1. The van der Waals surface area contributed by atoms with Crippen molar-refractivity contribution in [2.24, 2.45) is 0 Å². The van der Waals surface area contributed by atoms with Crippen LogP contribution < -0.4 is 0 Å². The van der Waals surface area contributed by atoms with Crippen LogP contribution in [0.4, 0.5) is 0 Å². The molecule has 0 amide bonds. The van der Waals surface area contributed by atoms with E-state index in [1.165, 1.54) is 46.5 Å². The molecule has 0 aliphatic rings. The molecule has 0 fully saturated rings. The van der Waals surface area contributed by atoms with Gasteiger partial charge in [0.1, 0.15) is 11.7 Å². The van der Waals surface area contributed by atoms with Gasteiger partial charge in [-0.05, 0) is 33.6 Å². The number of hydrogen-bond acceptors (Lipinski definition) is 6. The van der Waals surface area contributed by atoms with Gasteiger partial charge in [-0.25, -0.2) is 0 Å². The Morgan fingerprint density at radius 1 is 1.13 bits per heavy atom. The van der Waals surface area contributed by atoms with E-state index >= 15 is 0 Å². The molecule has 2 N–H and O–H groups in total. The zero-order valence-corrected chi connectivity index (χ0v) is 15.6. The van der Waals surface area contributed by atoms with Crippen LogP contribution in [0.15, 0.2) is 0 Å². The predicted molar refractivity (Wildman–Crippen MR) is 90.1 cm³/mol. The van der Waals surface area contributed by atoms with E-state index in [0.29, 0.717) is 0 Å². The Bertz CT molecular complexity index is 269. The second kappa shape index (κ2) is 14.9. The molecule has 0 radical (unpaired) electrons. The second-order valence-corrected chi connectivity index (χ2v) is 6.08. The lowest BCUT2D eigenvalue weighted by atomic mass is 10.1. The first-order chi connectivity index (χ1) is 10.6. The average molecular weight is 336 g/mol. The largest absolute Gasteiger partial charge is 0.460 e. The van der Waals surface area contributed by atoms with Crippen LogP contribution in [0.25, 0.3) is 0 Å². The number of ether oxygens (including phenoxy) is 3. The Labute approximate surface area is 141 Å². The molecule has 0 aliphatic heterocycles. The van der Waals surface area contributed by atoms with Crippen molar-refractivity contribution < 1.29 is 29.2 Å². The van der Waals surface area contributed by atoms with Crippen molar-refractivity contribution in [2.45, 2.75) is 85.2 Å². The fourth-order valence-corrected chi connectivity index (χ4v) is 1.34. The first-order valence-electron chi connectivity index (χ1n) is 8.42. The Hall–Kier alpha value is -0.690. The lowest BCUT2D eigenvalue weighted by Gasteiger charge is -2.25. The van der Waals surface area contributed by atoms with Gasteiger partial charge in [0.2, 0.25) is 0 Å². The molecular weight excluding hydrogens is 300 g/mol. The van der Waals surface area contributed by atoms with Crippen molar-refractivity contribution in [1.82, 2.24) is 0 Å². The summed E-state index contributed by atoms with van der Waals surface area (Å²) in [4.78, 5) is 10.5. The molecule has 0 aromatic heterocycles. The molecule has 0 heterocycles. The molecule has 0 bridgehead atoms. The molecule has 0 rings (SSSR count). The number of esters is 1. The van der Waals surface area contributed by atoms with Gasteiger partial charge in [0, 0.05) is 20.1 Å². The summed E-state index contributed by atoms with van der Waals surface area (Å²) >= 11 is 0. The quantitative estimate of drug-likeness (QED) is 0.343. The highest BCUT2D eigenvalue weighted by Crippen LogP contribution is 2.10. The zero-order valence-electron chi connectivity index (χ0n) is 15.6. The minimum absolute atomic E-state index is 0.0464. The Morgan fingerprint density at radius 3 is 1.96 bits per heavy atom. The summed E-state index contributed by atoms with van der Waals surface area (Å²) in [7, 11) is 0. The molecule has 2 unspecified atom stereocenters. The summed E-state index contributed by atoms with van der Waals surface area (Å²) in [5, 5.41) is 18.6. The van der Waals surface area contributed by atoms with Gasteiger partial charge in [0.15, 0.2) is 6.29 Å². The standard InChI is InChI=1S/C9H18O5.C8H18O/c1-6(14-7(2)10)5-13-8(11)9(3,4)12;1-3-5-7-9-8-6-4-2/h6,8,11-12H,5H2,1-4H3;3-8H2,1-2H3. The lowest BCUT2D eigenvalue weighted by Crippen LogP contribution is -2.39. The maximum atomic E-state index is 10.5. The third-order valence-electron chi connectivity index (χ3n) is 2.74. The molecule has 0 aromatic rings. The zero-order chi connectivity index (χ0) is 18.3. The fraction of sp³-hybridized carbons (Fsp3) is 0.941. The van der Waals surface area contributed by atoms with Gasteiger partial charge in [0.05, 0.1) is 6.61 Å². The third-order valence-corrected chi connectivity index (χ3v) is 2.74. The van der Waals surface area contributed by atoms with Crippen LogP contribution in [-0.2, 0) is 19.0 Å². The molecule has 2 atom stereocenters. The minimum Gasteiger partial charge on any atom is -0.460 e. The van der Waals surface area contributed by atoms with Crippen molar-refractivity contribution in [2.75, 3.05) is 19.8 Å². The third kappa shape index (κ3) is 19.3. The van der Waals surface area contributed by atoms with Crippen LogP contribution in [0.1, 0.15) is 67.2 Å². The van der Waals surface area contributed by atoms with Crippen molar-refractivity contribution in [3.63, 3.8) is 0 Å². The molecule has 6 heteroatoms. The van der Waals surface area contributed by atoms with E-state index in [2.05, 4.69) is 13.8 Å². The van der Waals surface area contributed by atoms with Crippen LogP contribution in [0, 0.1) is 0 Å². The molecule has 140 valence electrons. The maximum Gasteiger partial charge on any atom is 0.302 e. The Morgan fingerprint density at radius 2 is 1.61 bits per heavy atom. The highest BCUT2D eigenvalue weighted by atomic mass is 16.6. The predicted octanol–water partition coefficient (Wildman–Crippen LogP) is 2.65. The number of rotatable bonds is 11. The molecule has 0 aromatic carbocycles. The van der Waals surface area contributed by atoms with Gasteiger partial charge in [-0.2, -0.15) is 0 Å². The van der Waals surface area contributed by atoms with Crippen molar-refractivity contribution in [3.05, 3.63) is 0 Å². The Kier molecular flexibility index (Phi) is 15.9. The number of carbonyl (C=O) groups is 1. The smallest absolute Gasteiger partial charge is 0.302 e. The number of aliphatic hydroxyl groups is 2. The molecule has 0 aliphatic carbocycles. The number of aliphatic hydroxyl groups excluding tert-OH is 1. The van der Waals surface area contributed by atoms with Gasteiger partial charge >= 0.3 is 5.97 Å². The van der Waals surface area contributed by atoms with Gasteiger partial charge < -0.3 is 24.4 Å². The van der Waals surface area contributed by atoms with Gasteiger partial charge in [-0.15, -0.1) is 0 Å². The highest BCUT2D eigenvalue weighted by Gasteiger charge is 2.25. The second-order valence-electron chi connectivity index (χ2n) is 6.08. The summed E-state index contributed by atoms with van der Waals surface area (Å²) in [6.07, 6.45) is 3.18. The van der Waals surface area contributed by atoms with E-state index in [4.69, 9.17) is 14.2 Å². The highest BCUT2D eigenvalue weighted by molar-refractivity contribution is 5.66. The van der Waals surface area contributed by atoms with Gasteiger partial charge in [-0.3, -0.25) is 4.79 Å². The van der Waals surface area contributed by atoms with E-state index in [1.54, 1.807) is 6.92 Å². The van der Waals surface area contributed by atoms with Crippen molar-refractivity contribution in [1.29, 1.82) is 0 Å². The minimum atomic E-state index is -1.32. The topological polar surface area (TPSA) is 85.2 Å². The normalized spacial score (nSPS) is 13.7. The van der Waals surface area contributed by atoms with Gasteiger partial charge in [-0.1, -0.05) is 26.7 Å². The van der Waals surface area contributed by atoms with Crippen molar-refractivity contribution >= 4 is 5.97 Å². The number of carbonyl (C=O) groups excluding carboxylic acids is 1. The summed E-state index contributed by atoms with van der Waals surface area (Å²) < 4.78 is 15.0. The first-order valence-corrected chi connectivity index (χ1v) is 8.42. The van der Waals surface area contributed by atoms with Crippen LogP contribution in [0.2, 0.25) is 0 Å². The molecular formula is C17H36O6. The Balaban J connectivity index is 0. The number of unbranched alkanes of at least 4 members (excludes halogenated alkanes) is 2. The van der Waals surface area contributed by atoms with E-state index in [9.17, 15) is 15.0 Å². The lowest BCUT2D eigenvalue weighted by molar-refractivity contribution is -0.210. The molecule has 23 heavy (non-hydrogen) atoms. The van der Waals surface area contributed by atoms with Crippen molar-refractivity contribution in [3.8, 4) is 0 Å². The maximum absolute atomic E-state index is 10.5. The number of hydrogen-bond donors (Lipinski definition) is 2. The first kappa shape index (κ1) is 24.6. The van der Waals surface area contributed by atoms with E-state index in [0.717, 1.165) is 13.2 Å². The van der Waals surface area contributed by atoms with Crippen LogP contribution in [0.3, 0.4) is 0 Å². The van der Waals surface area contributed by atoms with Gasteiger partial charge in [0.25, 0.3) is 0 Å². The average Bonchev–Trinajstić information content (AvgIpc) is 2.43.